The summed E-state index contributed by atoms with van der Waals surface area (Å²) in [6, 6.07) is 0. The van der Waals surface area contributed by atoms with Gasteiger partial charge in [0.1, 0.15) is 0 Å². The van der Waals surface area contributed by atoms with E-state index in [1.807, 2.05) is 30.5 Å². The third-order valence-electron chi connectivity index (χ3n) is 4.31. The maximum Gasteiger partial charge on any atom is 0.257 e. The number of hydrogen-bond acceptors (Lipinski definition) is 5. The van der Waals surface area contributed by atoms with Gasteiger partial charge in [-0.25, -0.2) is 4.98 Å². The largest absolute Gasteiger partial charge is 0.333 e. The van der Waals surface area contributed by atoms with Gasteiger partial charge in [0.05, 0.1) is 29.5 Å². The Morgan fingerprint density at radius 2 is 2.43 bits per heavy atom. The molecule has 0 bridgehead atoms. The number of carbonyl (C=O) groups is 1. The first kappa shape index (κ1) is 16.1. The van der Waals surface area contributed by atoms with Gasteiger partial charge < -0.3 is 10.2 Å². The number of amides is 1. The first-order valence-electron chi connectivity index (χ1n) is 8.08. The summed E-state index contributed by atoms with van der Waals surface area (Å²) in [7, 11) is 0. The van der Waals surface area contributed by atoms with Gasteiger partial charge in [-0.2, -0.15) is 5.10 Å². The first-order valence-corrected chi connectivity index (χ1v) is 8.96. The molecular weight excluding hydrogens is 310 g/mol. The van der Waals surface area contributed by atoms with Gasteiger partial charge in [0.25, 0.3) is 5.91 Å². The van der Waals surface area contributed by atoms with E-state index in [0.717, 1.165) is 43.2 Å². The molecule has 1 N–H and O–H groups in total. The second-order valence-corrected chi connectivity index (χ2v) is 6.93. The zero-order valence-corrected chi connectivity index (χ0v) is 14.5. The molecule has 1 aliphatic rings. The van der Waals surface area contributed by atoms with Crippen molar-refractivity contribution in [2.45, 2.75) is 33.4 Å². The maximum atomic E-state index is 12.9. The van der Waals surface area contributed by atoms with E-state index in [2.05, 4.69) is 15.4 Å². The molecule has 0 aliphatic carbocycles. The van der Waals surface area contributed by atoms with E-state index in [-0.39, 0.29) is 5.91 Å². The summed E-state index contributed by atoms with van der Waals surface area (Å²) in [6.07, 6.45) is 4.63. The molecule has 1 atom stereocenters. The van der Waals surface area contributed by atoms with E-state index < -0.39 is 0 Å². The van der Waals surface area contributed by atoms with Gasteiger partial charge in [-0.15, -0.1) is 11.3 Å². The summed E-state index contributed by atoms with van der Waals surface area (Å²) >= 11 is 1.62. The van der Waals surface area contributed by atoms with E-state index in [4.69, 9.17) is 0 Å². The Morgan fingerprint density at radius 1 is 1.57 bits per heavy atom. The molecule has 0 aromatic carbocycles. The Morgan fingerprint density at radius 3 is 3.04 bits per heavy atom. The van der Waals surface area contributed by atoms with Crippen LogP contribution >= 0.6 is 11.3 Å². The second-order valence-electron chi connectivity index (χ2n) is 5.99. The molecule has 3 heterocycles. The molecule has 23 heavy (non-hydrogen) atoms. The Kier molecular flexibility index (Phi) is 5.07. The third-order valence-corrected chi connectivity index (χ3v) is 5.23. The minimum atomic E-state index is 0.0596. The minimum absolute atomic E-state index is 0.0596. The number of aryl methyl sites for hydroxylation is 2. The van der Waals surface area contributed by atoms with Crippen LogP contribution in [0.4, 0.5) is 0 Å². The van der Waals surface area contributed by atoms with Crippen molar-refractivity contribution in [3.05, 3.63) is 34.0 Å². The van der Waals surface area contributed by atoms with Crippen molar-refractivity contribution >= 4 is 17.2 Å². The monoisotopic (exact) mass is 333 g/mol. The molecule has 1 amide bonds. The number of nitrogens with zero attached hydrogens (tertiary/aromatic N) is 4. The lowest BCUT2D eigenvalue weighted by molar-refractivity contribution is 0.0720. The number of nitrogens with one attached hydrogen (secondary N) is 1. The van der Waals surface area contributed by atoms with Crippen molar-refractivity contribution < 1.29 is 4.79 Å². The number of carbonyl (C=O) groups excluding carboxylic acids is 1. The van der Waals surface area contributed by atoms with E-state index in [1.54, 1.807) is 22.2 Å². The number of rotatable bonds is 6. The van der Waals surface area contributed by atoms with E-state index in [9.17, 15) is 4.79 Å². The summed E-state index contributed by atoms with van der Waals surface area (Å²) in [6.45, 7) is 8.22. The predicted octanol–water partition coefficient (Wildman–Crippen LogP) is 1.92. The molecule has 0 unspecified atom stereocenters. The molecule has 2 aromatic heterocycles. The first-order chi connectivity index (χ1) is 11.2. The third kappa shape index (κ3) is 3.79. The molecule has 3 rings (SSSR count). The van der Waals surface area contributed by atoms with Crippen molar-refractivity contribution in [1.82, 2.24) is 25.0 Å². The zero-order valence-electron chi connectivity index (χ0n) is 13.7. The van der Waals surface area contributed by atoms with Gasteiger partial charge in [-0.05, 0) is 39.3 Å². The normalized spacial score (nSPS) is 17.6. The molecule has 1 saturated heterocycles. The molecular formula is C16H23N5OS. The van der Waals surface area contributed by atoms with Crippen LogP contribution in [-0.2, 0) is 13.1 Å². The molecule has 1 aliphatic heterocycles. The van der Waals surface area contributed by atoms with Crippen LogP contribution in [0.15, 0.2) is 17.9 Å². The highest BCUT2D eigenvalue weighted by Gasteiger charge is 2.24. The van der Waals surface area contributed by atoms with Crippen molar-refractivity contribution in [2.24, 2.45) is 5.92 Å². The van der Waals surface area contributed by atoms with Crippen LogP contribution in [0, 0.1) is 12.8 Å². The van der Waals surface area contributed by atoms with Gasteiger partial charge in [-0.3, -0.25) is 9.48 Å². The molecule has 124 valence electrons. The lowest BCUT2D eigenvalue weighted by Gasteiger charge is -2.25. The summed E-state index contributed by atoms with van der Waals surface area (Å²) < 4.78 is 1.79. The van der Waals surface area contributed by atoms with Crippen LogP contribution < -0.4 is 5.32 Å². The van der Waals surface area contributed by atoms with Crippen LogP contribution in [0.2, 0.25) is 0 Å². The van der Waals surface area contributed by atoms with Gasteiger partial charge in [0, 0.05) is 24.2 Å². The van der Waals surface area contributed by atoms with E-state index in [0.29, 0.717) is 18.0 Å². The number of hydrogen-bond donors (Lipinski definition) is 1. The minimum Gasteiger partial charge on any atom is -0.333 e. The number of aromatic nitrogens is 3. The Labute approximate surface area is 140 Å². The molecule has 6 nitrogen and oxygen atoms in total. The molecule has 0 saturated carbocycles. The predicted molar refractivity (Wildman–Crippen MR) is 90.5 cm³/mol. The van der Waals surface area contributed by atoms with Crippen LogP contribution in [0.25, 0.3) is 0 Å². The van der Waals surface area contributed by atoms with Crippen LogP contribution in [0.3, 0.4) is 0 Å². The summed E-state index contributed by atoms with van der Waals surface area (Å²) in [5.41, 5.74) is 3.53. The van der Waals surface area contributed by atoms with Crippen molar-refractivity contribution in [1.29, 1.82) is 0 Å². The van der Waals surface area contributed by atoms with Crippen LogP contribution in [0.5, 0.6) is 0 Å². The van der Waals surface area contributed by atoms with Gasteiger partial charge in [-0.1, -0.05) is 0 Å². The Hall–Kier alpha value is -1.73. The molecule has 0 spiro atoms. The van der Waals surface area contributed by atoms with Crippen LogP contribution in [0.1, 0.15) is 34.3 Å². The highest BCUT2D eigenvalue weighted by Crippen LogP contribution is 2.19. The van der Waals surface area contributed by atoms with Gasteiger partial charge in [0.15, 0.2) is 0 Å². The van der Waals surface area contributed by atoms with Crippen molar-refractivity contribution in [3.8, 4) is 0 Å². The second kappa shape index (κ2) is 7.23. The zero-order chi connectivity index (χ0) is 16.2. The fraction of sp³-hybridized carbons (Fsp3) is 0.562. The maximum absolute atomic E-state index is 12.9. The highest BCUT2D eigenvalue weighted by molar-refractivity contribution is 7.09. The summed E-state index contributed by atoms with van der Waals surface area (Å²) in [5, 5.41) is 7.61. The van der Waals surface area contributed by atoms with Gasteiger partial charge in [0.2, 0.25) is 0 Å². The van der Waals surface area contributed by atoms with Crippen molar-refractivity contribution in [2.75, 3.05) is 19.6 Å². The smallest absolute Gasteiger partial charge is 0.257 e. The summed E-state index contributed by atoms with van der Waals surface area (Å²) in [5.74, 6) is 0.581. The molecule has 1 fully saturated rings. The fourth-order valence-corrected chi connectivity index (χ4v) is 3.67. The molecule has 7 heteroatoms. The average Bonchev–Trinajstić information content (AvgIpc) is 3.28. The highest BCUT2D eigenvalue weighted by atomic mass is 32.1. The lowest BCUT2D eigenvalue weighted by atomic mass is 10.1. The van der Waals surface area contributed by atoms with Crippen LogP contribution in [-0.4, -0.2) is 45.2 Å². The number of thiazole rings is 1. The quantitative estimate of drug-likeness (QED) is 0.877. The SMILES string of the molecule is CCn1cc(C(=O)N(Cc2scnc2C)C[C@@H]2CCNC2)cn1. The molecule has 2 aromatic rings. The summed E-state index contributed by atoms with van der Waals surface area (Å²) in [4.78, 5) is 20.4. The van der Waals surface area contributed by atoms with E-state index in [1.165, 1.54) is 0 Å². The lowest BCUT2D eigenvalue weighted by Crippen LogP contribution is -2.35. The van der Waals surface area contributed by atoms with E-state index >= 15 is 0 Å². The average molecular weight is 333 g/mol. The Balaban J connectivity index is 1.78. The molecule has 0 radical (unpaired) electrons. The fourth-order valence-electron chi connectivity index (χ4n) is 2.88. The standard InChI is InChI=1S/C16H23N5OS/c1-3-21-9-14(7-19-21)16(22)20(8-13-4-5-17-6-13)10-15-12(2)18-11-23-15/h7,9,11,13,17H,3-6,8,10H2,1-2H3/t13-/m1/s1. The van der Waals surface area contributed by atoms with Crippen molar-refractivity contribution in [3.63, 3.8) is 0 Å². The van der Waals surface area contributed by atoms with Gasteiger partial charge >= 0.3 is 0 Å². The topological polar surface area (TPSA) is 63.1 Å². The Bertz CT molecular complexity index is 659.